The maximum Gasteiger partial charge on any atom is 0.291 e. The van der Waals surface area contributed by atoms with E-state index in [4.69, 9.17) is 16.0 Å². The fourth-order valence-electron chi connectivity index (χ4n) is 4.18. The maximum atomic E-state index is 13.6. The van der Waals surface area contributed by atoms with Crippen molar-refractivity contribution >= 4 is 28.5 Å². The summed E-state index contributed by atoms with van der Waals surface area (Å²) in [5.74, 6) is -0.170. The van der Waals surface area contributed by atoms with Crippen LogP contribution in [0.2, 0.25) is 5.02 Å². The SMILES string of the molecule is Cc1ccc(C2c3c(oc4cc(C)c(Cl)cc4c3=O)C(=O)N2Cc2ccccc2)cc1. The number of carbonyl (C=O) groups is 1. The van der Waals surface area contributed by atoms with Gasteiger partial charge in [0.1, 0.15) is 5.58 Å². The van der Waals surface area contributed by atoms with E-state index in [1.807, 2.05) is 68.4 Å². The standard InChI is InChI=1S/C26H20ClNO3/c1-15-8-10-18(11-9-15)23-22-24(29)19-13-20(27)16(2)12-21(19)31-25(22)26(30)28(23)14-17-6-4-3-5-7-17/h3-13,23H,14H2,1-2H3. The zero-order valence-corrected chi connectivity index (χ0v) is 17.9. The lowest BCUT2D eigenvalue weighted by Gasteiger charge is -2.25. The molecular formula is C26H20ClNO3. The largest absolute Gasteiger partial charge is 0.450 e. The van der Waals surface area contributed by atoms with E-state index in [1.165, 1.54) is 0 Å². The van der Waals surface area contributed by atoms with Crippen LogP contribution in [0.4, 0.5) is 0 Å². The van der Waals surface area contributed by atoms with Crippen molar-refractivity contribution in [2.24, 2.45) is 0 Å². The fraction of sp³-hybridized carbons (Fsp3) is 0.154. The minimum absolute atomic E-state index is 0.112. The summed E-state index contributed by atoms with van der Waals surface area (Å²) in [5, 5.41) is 0.887. The molecule has 1 amide bonds. The lowest BCUT2D eigenvalue weighted by atomic mass is 9.97. The molecule has 0 bridgehead atoms. The van der Waals surface area contributed by atoms with Gasteiger partial charge in [-0.15, -0.1) is 0 Å². The molecular weight excluding hydrogens is 410 g/mol. The molecule has 1 unspecified atom stereocenters. The summed E-state index contributed by atoms with van der Waals surface area (Å²) in [4.78, 5) is 28.8. The lowest BCUT2D eigenvalue weighted by Crippen LogP contribution is -2.29. The lowest BCUT2D eigenvalue weighted by molar-refractivity contribution is 0.0714. The van der Waals surface area contributed by atoms with E-state index in [9.17, 15) is 9.59 Å². The molecule has 4 nitrogen and oxygen atoms in total. The van der Waals surface area contributed by atoms with Gasteiger partial charge in [-0.05, 0) is 42.7 Å². The number of aryl methyl sites for hydroxylation is 2. The molecule has 2 heterocycles. The van der Waals surface area contributed by atoms with Gasteiger partial charge < -0.3 is 9.32 Å². The van der Waals surface area contributed by atoms with Crippen LogP contribution in [0, 0.1) is 13.8 Å². The van der Waals surface area contributed by atoms with Gasteiger partial charge in [0, 0.05) is 11.6 Å². The van der Waals surface area contributed by atoms with E-state index in [2.05, 4.69) is 0 Å². The Balaban J connectivity index is 1.75. The molecule has 0 saturated heterocycles. The number of amides is 1. The van der Waals surface area contributed by atoms with Gasteiger partial charge in [-0.25, -0.2) is 0 Å². The summed E-state index contributed by atoms with van der Waals surface area (Å²) < 4.78 is 6.03. The second-order valence-corrected chi connectivity index (χ2v) is 8.41. The minimum Gasteiger partial charge on any atom is -0.450 e. The summed E-state index contributed by atoms with van der Waals surface area (Å²) in [6, 6.07) is 20.5. The van der Waals surface area contributed by atoms with Crippen LogP contribution in [-0.2, 0) is 6.54 Å². The first-order chi connectivity index (χ1) is 14.9. The van der Waals surface area contributed by atoms with Crippen molar-refractivity contribution in [1.82, 2.24) is 4.90 Å². The fourth-order valence-corrected chi connectivity index (χ4v) is 4.34. The molecule has 0 fully saturated rings. The molecule has 5 heteroatoms. The molecule has 154 valence electrons. The Morgan fingerprint density at radius 2 is 1.68 bits per heavy atom. The van der Waals surface area contributed by atoms with Crippen molar-refractivity contribution in [2.75, 3.05) is 0 Å². The number of nitrogens with zero attached hydrogens (tertiary/aromatic N) is 1. The first-order valence-corrected chi connectivity index (χ1v) is 10.5. The molecule has 5 rings (SSSR count). The van der Waals surface area contributed by atoms with Crippen LogP contribution in [0.25, 0.3) is 11.0 Å². The van der Waals surface area contributed by atoms with Gasteiger partial charge in [0.15, 0.2) is 5.43 Å². The zero-order valence-electron chi connectivity index (χ0n) is 17.2. The molecule has 3 aromatic carbocycles. The van der Waals surface area contributed by atoms with Crippen LogP contribution >= 0.6 is 11.6 Å². The summed E-state index contributed by atoms with van der Waals surface area (Å²) in [7, 11) is 0. The van der Waals surface area contributed by atoms with Crippen LogP contribution in [0.15, 0.2) is 75.9 Å². The Labute approximate surface area is 184 Å². The number of benzene rings is 3. The van der Waals surface area contributed by atoms with E-state index in [-0.39, 0.29) is 17.1 Å². The molecule has 31 heavy (non-hydrogen) atoms. The van der Waals surface area contributed by atoms with Gasteiger partial charge in [-0.2, -0.15) is 0 Å². The normalized spacial score (nSPS) is 15.5. The monoisotopic (exact) mass is 429 g/mol. The van der Waals surface area contributed by atoms with Gasteiger partial charge in [0.25, 0.3) is 5.91 Å². The third kappa shape index (κ3) is 3.24. The number of hydrogen-bond acceptors (Lipinski definition) is 3. The van der Waals surface area contributed by atoms with Crippen molar-refractivity contribution < 1.29 is 9.21 Å². The van der Waals surface area contributed by atoms with Crippen LogP contribution in [-0.4, -0.2) is 10.8 Å². The van der Waals surface area contributed by atoms with Gasteiger partial charge in [-0.1, -0.05) is 71.8 Å². The van der Waals surface area contributed by atoms with Gasteiger partial charge in [0.05, 0.1) is 17.0 Å². The Kier molecular flexibility index (Phi) is 4.67. The Hall–Kier alpha value is -3.37. The summed E-state index contributed by atoms with van der Waals surface area (Å²) >= 11 is 6.29. The predicted molar refractivity (Wildman–Crippen MR) is 122 cm³/mol. The van der Waals surface area contributed by atoms with E-state index < -0.39 is 6.04 Å². The van der Waals surface area contributed by atoms with E-state index >= 15 is 0 Å². The number of hydrogen-bond donors (Lipinski definition) is 0. The summed E-state index contributed by atoms with van der Waals surface area (Å²) in [5.41, 5.74) is 4.29. The quantitative estimate of drug-likeness (QED) is 0.413. The molecule has 0 radical (unpaired) electrons. The van der Waals surface area contributed by atoms with Gasteiger partial charge >= 0.3 is 0 Å². The second-order valence-electron chi connectivity index (χ2n) is 8.00. The third-order valence-corrected chi connectivity index (χ3v) is 6.24. The van der Waals surface area contributed by atoms with Gasteiger partial charge in [-0.3, -0.25) is 9.59 Å². The molecule has 0 N–H and O–H groups in total. The molecule has 0 aliphatic carbocycles. The van der Waals surface area contributed by atoms with Crippen LogP contribution < -0.4 is 5.43 Å². The molecule has 1 atom stereocenters. The number of halogens is 1. The first kappa shape index (κ1) is 19.6. The summed E-state index contributed by atoms with van der Waals surface area (Å²) in [6.07, 6.45) is 0. The highest BCUT2D eigenvalue weighted by Gasteiger charge is 2.42. The Bertz CT molecular complexity index is 1370. The predicted octanol–water partition coefficient (Wildman–Crippen LogP) is 5.81. The van der Waals surface area contributed by atoms with Crippen LogP contribution in [0.3, 0.4) is 0 Å². The van der Waals surface area contributed by atoms with E-state index in [0.29, 0.717) is 28.1 Å². The Morgan fingerprint density at radius 1 is 0.968 bits per heavy atom. The number of fused-ring (bicyclic) bond motifs is 2. The third-order valence-electron chi connectivity index (χ3n) is 5.84. The van der Waals surface area contributed by atoms with Gasteiger partial charge in [0.2, 0.25) is 5.76 Å². The van der Waals surface area contributed by atoms with Crippen LogP contribution in [0.5, 0.6) is 0 Å². The molecule has 1 aliphatic rings. The molecule has 0 saturated carbocycles. The highest BCUT2D eigenvalue weighted by molar-refractivity contribution is 6.32. The van der Waals surface area contributed by atoms with E-state index in [1.54, 1.807) is 17.0 Å². The smallest absolute Gasteiger partial charge is 0.291 e. The zero-order chi connectivity index (χ0) is 21.7. The molecule has 4 aromatic rings. The van der Waals surface area contributed by atoms with Crippen molar-refractivity contribution in [3.63, 3.8) is 0 Å². The highest BCUT2D eigenvalue weighted by atomic mass is 35.5. The van der Waals surface area contributed by atoms with Crippen molar-refractivity contribution in [3.8, 4) is 0 Å². The maximum absolute atomic E-state index is 13.6. The molecule has 1 aromatic heterocycles. The second kappa shape index (κ2) is 7.40. The number of rotatable bonds is 3. The highest BCUT2D eigenvalue weighted by Crippen LogP contribution is 2.39. The minimum atomic E-state index is -0.524. The average Bonchev–Trinajstić information content (AvgIpc) is 3.03. The number of carbonyl (C=O) groups excluding carboxylic acids is 1. The van der Waals surface area contributed by atoms with Crippen molar-refractivity contribution in [3.05, 3.63) is 116 Å². The molecule has 1 aliphatic heterocycles. The van der Waals surface area contributed by atoms with Crippen molar-refractivity contribution in [2.45, 2.75) is 26.4 Å². The Morgan fingerprint density at radius 3 is 2.39 bits per heavy atom. The van der Waals surface area contributed by atoms with Crippen LogP contribution in [0.1, 0.15) is 44.4 Å². The first-order valence-electron chi connectivity index (χ1n) is 10.1. The topological polar surface area (TPSA) is 50.5 Å². The van der Waals surface area contributed by atoms with Crippen molar-refractivity contribution in [1.29, 1.82) is 0 Å². The van der Waals surface area contributed by atoms with E-state index in [0.717, 1.165) is 22.3 Å². The molecule has 0 spiro atoms. The average molecular weight is 430 g/mol. The summed E-state index contributed by atoms with van der Waals surface area (Å²) in [6.45, 7) is 4.22.